The summed E-state index contributed by atoms with van der Waals surface area (Å²) >= 11 is 0. The minimum atomic E-state index is -0.898. The van der Waals surface area contributed by atoms with Gasteiger partial charge in [-0.05, 0) is 62.4 Å². The zero-order chi connectivity index (χ0) is 29.1. The summed E-state index contributed by atoms with van der Waals surface area (Å²) in [5.41, 5.74) is 4.21. The number of rotatable bonds is 8. The second kappa shape index (κ2) is 12.4. The quantitative estimate of drug-likeness (QED) is 0.396. The van der Waals surface area contributed by atoms with Crippen molar-refractivity contribution < 1.29 is 19.4 Å². The summed E-state index contributed by atoms with van der Waals surface area (Å²) in [5, 5.41) is 18.0. The van der Waals surface area contributed by atoms with E-state index in [1.54, 1.807) is 40.5 Å². The van der Waals surface area contributed by atoms with Crippen molar-refractivity contribution in [3.8, 4) is 0 Å². The third kappa shape index (κ3) is 6.25. The van der Waals surface area contributed by atoms with Gasteiger partial charge in [0.15, 0.2) is 5.65 Å². The van der Waals surface area contributed by atoms with Gasteiger partial charge < -0.3 is 25.0 Å². The molecule has 1 aromatic carbocycles. The summed E-state index contributed by atoms with van der Waals surface area (Å²) < 4.78 is 7.06. The van der Waals surface area contributed by atoms with E-state index in [9.17, 15) is 14.7 Å². The number of benzene rings is 1. The van der Waals surface area contributed by atoms with Gasteiger partial charge in [-0.15, -0.1) is 5.10 Å². The predicted octanol–water partition coefficient (Wildman–Crippen LogP) is 1.72. The molecule has 0 spiro atoms. The number of aromatic nitrogens is 3. The standard InChI is InChI=1S/C29H38N8O4/c1-5-41-29(40)35-15-12-20(13-16-35)23-7-6-14-37-25(23)31-28(32-37)30-22-10-8-21(9-11-22)26(38)36-18-17-34(4)24(19-36)27(39)33(2)3/h6-12,14,24,29,40H,5,13,15-19H2,1-4H3,(H,30,32). The van der Waals surface area contributed by atoms with Crippen molar-refractivity contribution in [1.82, 2.24) is 34.2 Å². The van der Waals surface area contributed by atoms with Crippen LogP contribution in [-0.4, -0.2) is 124 Å². The summed E-state index contributed by atoms with van der Waals surface area (Å²) in [6, 6.07) is 10.9. The highest BCUT2D eigenvalue weighted by Gasteiger charge is 2.33. The first kappa shape index (κ1) is 28.7. The van der Waals surface area contributed by atoms with Crippen LogP contribution >= 0.6 is 0 Å². The first-order chi connectivity index (χ1) is 19.7. The summed E-state index contributed by atoms with van der Waals surface area (Å²) in [6.45, 7) is 5.16. The number of carbonyl (C=O) groups is 2. The lowest BCUT2D eigenvalue weighted by molar-refractivity contribution is -0.187. The molecule has 2 atom stereocenters. The Morgan fingerprint density at radius 2 is 1.95 bits per heavy atom. The molecule has 5 rings (SSSR count). The number of nitrogens with zero attached hydrogens (tertiary/aromatic N) is 7. The van der Waals surface area contributed by atoms with Gasteiger partial charge in [-0.2, -0.15) is 4.98 Å². The average molecular weight is 563 g/mol. The molecule has 2 N–H and O–H groups in total. The molecule has 12 nitrogen and oxygen atoms in total. The number of carbonyl (C=O) groups excluding carboxylic acids is 2. The zero-order valence-electron chi connectivity index (χ0n) is 24.0. The second-order valence-corrected chi connectivity index (χ2v) is 10.6. The summed E-state index contributed by atoms with van der Waals surface area (Å²) in [7, 11) is 5.39. The summed E-state index contributed by atoms with van der Waals surface area (Å²) in [6.07, 6.45) is 3.81. The molecule has 3 aromatic rings. The van der Waals surface area contributed by atoms with Crippen LogP contribution in [0.1, 0.15) is 29.3 Å². The zero-order valence-corrected chi connectivity index (χ0v) is 24.0. The normalized spacial score (nSPS) is 19.2. The highest BCUT2D eigenvalue weighted by atomic mass is 16.6. The maximum Gasteiger partial charge on any atom is 0.253 e. The van der Waals surface area contributed by atoms with E-state index in [-0.39, 0.29) is 17.9 Å². The van der Waals surface area contributed by atoms with Gasteiger partial charge in [0.2, 0.25) is 18.3 Å². The second-order valence-electron chi connectivity index (χ2n) is 10.6. The predicted molar refractivity (Wildman–Crippen MR) is 156 cm³/mol. The van der Waals surface area contributed by atoms with E-state index in [0.717, 1.165) is 28.9 Å². The molecule has 2 unspecified atom stereocenters. The van der Waals surface area contributed by atoms with Crippen LogP contribution in [0.25, 0.3) is 11.2 Å². The Morgan fingerprint density at radius 1 is 1.17 bits per heavy atom. The largest absolute Gasteiger partial charge is 0.356 e. The van der Waals surface area contributed by atoms with Gasteiger partial charge in [-0.25, -0.2) is 4.52 Å². The maximum absolute atomic E-state index is 13.2. The molecule has 41 heavy (non-hydrogen) atoms. The van der Waals surface area contributed by atoms with Gasteiger partial charge in [0.25, 0.3) is 5.91 Å². The summed E-state index contributed by atoms with van der Waals surface area (Å²) in [4.78, 5) is 37.7. The molecule has 2 aliphatic rings. The van der Waals surface area contributed by atoms with E-state index in [1.165, 1.54) is 0 Å². The number of anilines is 2. The summed E-state index contributed by atoms with van der Waals surface area (Å²) in [5.74, 6) is 0.352. The molecule has 12 heteroatoms. The van der Waals surface area contributed by atoms with Crippen LogP contribution in [0.4, 0.5) is 11.6 Å². The molecule has 2 aromatic heterocycles. The van der Waals surface area contributed by atoms with Crippen LogP contribution in [0.15, 0.2) is 48.7 Å². The Hall–Kier alpha value is -3.84. The average Bonchev–Trinajstić information content (AvgIpc) is 3.40. The van der Waals surface area contributed by atoms with Gasteiger partial charge in [0, 0.05) is 76.4 Å². The molecular formula is C29H38N8O4. The molecule has 0 bridgehead atoms. The van der Waals surface area contributed by atoms with E-state index < -0.39 is 6.41 Å². The molecule has 2 aliphatic heterocycles. The van der Waals surface area contributed by atoms with Crippen molar-refractivity contribution >= 4 is 34.7 Å². The van der Waals surface area contributed by atoms with Crippen molar-refractivity contribution in [2.24, 2.45) is 0 Å². The SMILES string of the molecule is CCOC(O)N1CC=C(c2cccn3nc(Nc4ccc(C(=O)N5CCN(C)C(C(=O)N(C)C)C5)cc4)nc23)CC1. The topological polar surface area (TPSA) is 119 Å². The number of aliphatic hydroxyl groups excluding tert-OH is 1. The number of piperazine rings is 1. The fourth-order valence-electron chi connectivity index (χ4n) is 5.23. The lowest BCUT2D eigenvalue weighted by Crippen LogP contribution is -2.58. The number of hydrogen-bond donors (Lipinski definition) is 2. The van der Waals surface area contributed by atoms with E-state index in [2.05, 4.69) is 16.5 Å². The number of likely N-dealkylation sites (N-methyl/N-ethyl adjacent to an activating group) is 2. The molecular weight excluding hydrogens is 524 g/mol. The fraction of sp³-hybridized carbons (Fsp3) is 0.448. The molecule has 0 aliphatic carbocycles. The van der Waals surface area contributed by atoms with Crippen LogP contribution in [0.5, 0.6) is 0 Å². The lowest BCUT2D eigenvalue weighted by atomic mass is 10.0. The number of hydrogen-bond acceptors (Lipinski definition) is 9. The van der Waals surface area contributed by atoms with Crippen molar-refractivity contribution in [3.63, 3.8) is 0 Å². The van der Waals surface area contributed by atoms with Gasteiger partial charge in [0.05, 0.1) is 0 Å². The Bertz CT molecular complexity index is 1420. The molecule has 2 amide bonds. The molecule has 0 radical (unpaired) electrons. The van der Waals surface area contributed by atoms with E-state index in [0.29, 0.717) is 50.8 Å². The minimum absolute atomic E-state index is 0.00483. The first-order valence-corrected chi connectivity index (χ1v) is 13.9. The van der Waals surface area contributed by atoms with Crippen molar-refractivity contribution in [2.75, 3.05) is 65.8 Å². The van der Waals surface area contributed by atoms with Crippen LogP contribution in [0, 0.1) is 0 Å². The number of pyridine rings is 1. The monoisotopic (exact) mass is 562 g/mol. The molecule has 4 heterocycles. The smallest absolute Gasteiger partial charge is 0.253 e. The number of nitrogens with one attached hydrogen (secondary N) is 1. The molecule has 0 saturated carbocycles. The number of fused-ring (bicyclic) bond motifs is 1. The van der Waals surface area contributed by atoms with Crippen LogP contribution in [-0.2, 0) is 9.53 Å². The lowest BCUT2D eigenvalue weighted by Gasteiger charge is -2.39. The number of ether oxygens (including phenoxy) is 1. The first-order valence-electron chi connectivity index (χ1n) is 13.9. The highest BCUT2D eigenvalue weighted by Crippen LogP contribution is 2.27. The van der Waals surface area contributed by atoms with E-state index in [1.807, 2.05) is 54.2 Å². The van der Waals surface area contributed by atoms with Gasteiger partial charge in [-0.3, -0.25) is 19.4 Å². The minimum Gasteiger partial charge on any atom is -0.356 e. The molecule has 1 saturated heterocycles. The van der Waals surface area contributed by atoms with E-state index in [4.69, 9.17) is 9.72 Å². The van der Waals surface area contributed by atoms with Crippen LogP contribution in [0.3, 0.4) is 0 Å². The van der Waals surface area contributed by atoms with E-state index >= 15 is 0 Å². The maximum atomic E-state index is 13.2. The Morgan fingerprint density at radius 3 is 2.63 bits per heavy atom. The van der Waals surface area contributed by atoms with Crippen molar-refractivity contribution in [2.45, 2.75) is 25.8 Å². The Labute approximate surface area is 239 Å². The van der Waals surface area contributed by atoms with Crippen molar-refractivity contribution in [3.05, 3.63) is 59.8 Å². The van der Waals surface area contributed by atoms with Crippen molar-refractivity contribution in [1.29, 1.82) is 0 Å². The Kier molecular flexibility index (Phi) is 8.64. The van der Waals surface area contributed by atoms with Gasteiger partial charge >= 0.3 is 0 Å². The third-order valence-corrected chi connectivity index (χ3v) is 7.63. The van der Waals surface area contributed by atoms with Crippen LogP contribution < -0.4 is 5.32 Å². The molecule has 1 fully saturated rings. The highest BCUT2D eigenvalue weighted by molar-refractivity contribution is 5.95. The Balaban J connectivity index is 1.26. The van der Waals surface area contributed by atoms with Gasteiger partial charge in [-0.1, -0.05) is 6.08 Å². The number of amides is 2. The third-order valence-electron chi connectivity index (χ3n) is 7.63. The molecule has 218 valence electrons. The fourth-order valence-corrected chi connectivity index (χ4v) is 5.23. The van der Waals surface area contributed by atoms with Crippen LogP contribution in [0.2, 0.25) is 0 Å². The number of aliphatic hydroxyl groups is 1. The van der Waals surface area contributed by atoms with Gasteiger partial charge in [0.1, 0.15) is 6.04 Å².